The van der Waals surface area contributed by atoms with E-state index in [2.05, 4.69) is 42.5 Å². The molecule has 0 aliphatic heterocycles. The molecule has 0 heterocycles. The van der Waals surface area contributed by atoms with Crippen LogP contribution >= 0.6 is 0 Å². The first kappa shape index (κ1) is 9.82. The summed E-state index contributed by atoms with van der Waals surface area (Å²) in [7, 11) is 0. The molecule has 3 rings (SSSR count). The second kappa shape index (κ2) is 3.58. The molecule has 0 spiro atoms. The highest BCUT2D eigenvalue weighted by molar-refractivity contribution is 5.83. The normalized spacial score (nSPS) is 17.6. The van der Waals surface area contributed by atoms with Gasteiger partial charge in [0.05, 0.1) is 6.61 Å². The van der Waals surface area contributed by atoms with Gasteiger partial charge in [0.15, 0.2) is 0 Å². The van der Waals surface area contributed by atoms with Crippen molar-refractivity contribution in [2.45, 2.75) is 18.3 Å². The maximum Gasteiger partial charge on any atom is 0.0775 e. The van der Waals surface area contributed by atoms with Crippen molar-refractivity contribution < 1.29 is 4.84 Å². The summed E-state index contributed by atoms with van der Waals surface area (Å²) in [6.45, 7) is 0.630. The zero-order chi connectivity index (χ0) is 11.0. The molecule has 1 saturated carbocycles. The van der Waals surface area contributed by atoms with E-state index >= 15 is 0 Å². The quantitative estimate of drug-likeness (QED) is 0.796. The first-order valence-corrected chi connectivity index (χ1v) is 5.65. The molecule has 1 aliphatic rings. The lowest BCUT2D eigenvalue weighted by Crippen LogP contribution is -2.17. The van der Waals surface area contributed by atoms with E-state index in [4.69, 9.17) is 10.7 Å². The SMILES string of the molecule is NOCC1(c2ccc3ccccc3c2)CC1. The van der Waals surface area contributed by atoms with E-state index in [1.165, 1.54) is 29.2 Å². The Bertz CT molecular complexity index is 517. The second-order valence-corrected chi connectivity index (χ2v) is 4.65. The summed E-state index contributed by atoms with van der Waals surface area (Å²) < 4.78 is 0. The molecule has 0 atom stereocenters. The standard InChI is InChI=1S/C14H15NO/c15-16-10-14(7-8-14)13-6-5-11-3-1-2-4-12(11)9-13/h1-6,9H,7-8,10,15H2. The molecule has 1 fully saturated rings. The van der Waals surface area contributed by atoms with Gasteiger partial charge in [0.2, 0.25) is 0 Å². The number of rotatable bonds is 3. The minimum Gasteiger partial charge on any atom is -0.304 e. The highest BCUT2D eigenvalue weighted by Gasteiger charge is 2.44. The van der Waals surface area contributed by atoms with Crippen molar-refractivity contribution in [1.82, 2.24) is 0 Å². The largest absolute Gasteiger partial charge is 0.304 e. The third-order valence-electron chi connectivity index (χ3n) is 3.58. The number of fused-ring (bicyclic) bond motifs is 1. The van der Waals surface area contributed by atoms with E-state index in [0.29, 0.717) is 6.61 Å². The van der Waals surface area contributed by atoms with Crippen molar-refractivity contribution in [3.63, 3.8) is 0 Å². The Morgan fingerprint density at radius 3 is 2.50 bits per heavy atom. The van der Waals surface area contributed by atoms with Crippen LogP contribution in [0.2, 0.25) is 0 Å². The van der Waals surface area contributed by atoms with Gasteiger partial charge in [0, 0.05) is 5.41 Å². The summed E-state index contributed by atoms with van der Waals surface area (Å²) in [6.07, 6.45) is 2.37. The minimum atomic E-state index is 0.193. The van der Waals surface area contributed by atoms with Crippen LogP contribution in [0.3, 0.4) is 0 Å². The first-order chi connectivity index (χ1) is 7.84. The molecule has 0 unspecified atom stereocenters. The molecule has 82 valence electrons. The van der Waals surface area contributed by atoms with E-state index in [9.17, 15) is 0 Å². The van der Waals surface area contributed by atoms with Gasteiger partial charge in [-0.05, 0) is 29.2 Å². The molecule has 1 aliphatic carbocycles. The number of nitrogens with two attached hydrogens (primary N) is 1. The molecule has 2 heteroatoms. The van der Waals surface area contributed by atoms with Crippen LogP contribution in [0, 0.1) is 0 Å². The Hall–Kier alpha value is -1.38. The van der Waals surface area contributed by atoms with Gasteiger partial charge in [-0.15, -0.1) is 0 Å². The zero-order valence-corrected chi connectivity index (χ0v) is 9.15. The molecule has 0 aromatic heterocycles. The highest BCUT2D eigenvalue weighted by atomic mass is 16.6. The van der Waals surface area contributed by atoms with Gasteiger partial charge < -0.3 is 4.84 Å². The molecule has 0 bridgehead atoms. The Kier molecular flexibility index (Phi) is 2.20. The van der Waals surface area contributed by atoms with E-state index in [1.54, 1.807) is 0 Å². The van der Waals surface area contributed by atoms with Gasteiger partial charge >= 0.3 is 0 Å². The number of hydrogen-bond donors (Lipinski definition) is 1. The zero-order valence-electron chi connectivity index (χ0n) is 9.15. The van der Waals surface area contributed by atoms with Crippen LogP contribution in [-0.2, 0) is 10.3 Å². The molecule has 2 N–H and O–H groups in total. The van der Waals surface area contributed by atoms with Crippen molar-refractivity contribution in [3.8, 4) is 0 Å². The highest BCUT2D eigenvalue weighted by Crippen LogP contribution is 2.48. The monoisotopic (exact) mass is 213 g/mol. The Balaban J connectivity index is 2.05. The fraction of sp³-hybridized carbons (Fsp3) is 0.286. The lowest BCUT2D eigenvalue weighted by molar-refractivity contribution is 0.116. The molecular formula is C14H15NO. The van der Waals surface area contributed by atoms with Crippen LogP contribution in [0.15, 0.2) is 42.5 Å². The summed E-state index contributed by atoms with van der Waals surface area (Å²) in [5.41, 5.74) is 1.55. The van der Waals surface area contributed by atoms with Gasteiger partial charge in [-0.1, -0.05) is 42.5 Å². The van der Waals surface area contributed by atoms with Gasteiger partial charge in [-0.25, -0.2) is 5.90 Å². The van der Waals surface area contributed by atoms with E-state index in [0.717, 1.165) is 0 Å². The third kappa shape index (κ3) is 1.51. The predicted octanol–water partition coefficient (Wildman–Crippen LogP) is 2.76. The van der Waals surface area contributed by atoms with Gasteiger partial charge in [0.25, 0.3) is 0 Å². The minimum absolute atomic E-state index is 0.193. The lowest BCUT2D eigenvalue weighted by atomic mass is 9.94. The van der Waals surface area contributed by atoms with Crippen LogP contribution < -0.4 is 5.90 Å². The summed E-state index contributed by atoms with van der Waals surface area (Å²) in [4.78, 5) is 4.84. The number of benzene rings is 2. The van der Waals surface area contributed by atoms with E-state index < -0.39 is 0 Å². The van der Waals surface area contributed by atoms with Crippen molar-refractivity contribution >= 4 is 10.8 Å². The van der Waals surface area contributed by atoms with Crippen molar-refractivity contribution in [2.75, 3.05) is 6.61 Å². The van der Waals surface area contributed by atoms with Crippen molar-refractivity contribution in [1.29, 1.82) is 0 Å². The van der Waals surface area contributed by atoms with Gasteiger partial charge in [-0.2, -0.15) is 0 Å². The van der Waals surface area contributed by atoms with Crippen molar-refractivity contribution in [3.05, 3.63) is 48.0 Å². The van der Waals surface area contributed by atoms with Crippen LogP contribution in [0.25, 0.3) is 10.8 Å². The maximum atomic E-state index is 5.20. The predicted molar refractivity (Wildman–Crippen MR) is 65.0 cm³/mol. The molecule has 0 amide bonds. The van der Waals surface area contributed by atoms with Crippen LogP contribution in [0.1, 0.15) is 18.4 Å². The summed E-state index contributed by atoms with van der Waals surface area (Å²) in [5.74, 6) is 5.20. The van der Waals surface area contributed by atoms with Gasteiger partial charge in [-0.3, -0.25) is 0 Å². The first-order valence-electron chi connectivity index (χ1n) is 5.65. The summed E-state index contributed by atoms with van der Waals surface area (Å²) >= 11 is 0. The van der Waals surface area contributed by atoms with E-state index in [-0.39, 0.29) is 5.41 Å². The molecule has 2 aromatic rings. The Morgan fingerprint density at radius 2 is 1.81 bits per heavy atom. The molecule has 16 heavy (non-hydrogen) atoms. The average molecular weight is 213 g/mol. The van der Waals surface area contributed by atoms with Crippen molar-refractivity contribution in [2.24, 2.45) is 5.90 Å². The fourth-order valence-corrected chi connectivity index (χ4v) is 2.35. The summed E-state index contributed by atoms with van der Waals surface area (Å²) in [6, 6.07) is 15.1. The number of hydrogen-bond acceptors (Lipinski definition) is 2. The van der Waals surface area contributed by atoms with Crippen LogP contribution in [0.4, 0.5) is 0 Å². The molecular weight excluding hydrogens is 198 g/mol. The lowest BCUT2D eigenvalue weighted by Gasteiger charge is -2.14. The Labute approximate surface area is 95.0 Å². The second-order valence-electron chi connectivity index (χ2n) is 4.65. The fourth-order valence-electron chi connectivity index (χ4n) is 2.35. The smallest absolute Gasteiger partial charge is 0.0775 e. The molecule has 2 nitrogen and oxygen atoms in total. The van der Waals surface area contributed by atoms with Gasteiger partial charge in [0.1, 0.15) is 0 Å². The summed E-state index contributed by atoms with van der Waals surface area (Å²) in [5, 5.41) is 2.58. The van der Waals surface area contributed by atoms with Crippen LogP contribution in [-0.4, -0.2) is 6.61 Å². The molecule has 2 aromatic carbocycles. The maximum absolute atomic E-state index is 5.20. The average Bonchev–Trinajstić information content (AvgIpc) is 3.10. The van der Waals surface area contributed by atoms with Crippen LogP contribution in [0.5, 0.6) is 0 Å². The third-order valence-corrected chi connectivity index (χ3v) is 3.58. The molecule has 0 radical (unpaired) electrons. The Morgan fingerprint density at radius 1 is 1.06 bits per heavy atom. The molecule has 0 saturated heterocycles. The van der Waals surface area contributed by atoms with E-state index in [1.807, 2.05) is 0 Å². The topological polar surface area (TPSA) is 35.2 Å².